The van der Waals surface area contributed by atoms with Crippen LogP contribution in [0, 0.1) is 12.8 Å². The van der Waals surface area contributed by atoms with Gasteiger partial charge in [0.05, 0.1) is 16.7 Å². The first-order valence-corrected chi connectivity index (χ1v) is 7.71. The van der Waals surface area contributed by atoms with Crippen LogP contribution < -0.4 is 4.90 Å². The summed E-state index contributed by atoms with van der Waals surface area (Å²) in [7, 11) is 0. The second-order valence-corrected chi connectivity index (χ2v) is 6.31. The number of aromatic nitrogens is 2. The lowest BCUT2D eigenvalue weighted by Crippen LogP contribution is -2.37. The van der Waals surface area contributed by atoms with Crippen LogP contribution in [-0.2, 0) is 0 Å². The van der Waals surface area contributed by atoms with E-state index in [9.17, 15) is 0 Å². The van der Waals surface area contributed by atoms with E-state index in [0.29, 0.717) is 5.92 Å². The van der Waals surface area contributed by atoms with Crippen molar-refractivity contribution in [3.8, 4) is 0 Å². The molecule has 1 aliphatic rings. The zero-order valence-corrected chi connectivity index (χ0v) is 12.8. The van der Waals surface area contributed by atoms with E-state index in [1.165, 1.54) is 0 Å². The molecule has 1 unspecified atom stereocenters. The highest BCUT2D eigenvalue weighted by Crippen LogP contribution is 2.28. The van der Waals surface area contributed by atoms with Crippen LogP contribution in [0.1, 0.15) is 25.5 Å². The van der Waals surface area contributed by atoms with Crippen LogP contribution in [0.4, 0.5) is 5.82 Å². The highest BCUT2D eigenvalue weighted by Gasteiger charge is 2.24. The van der Waals surface area contributed by atoms with E-state index in [2.05, 4.69) is 16.8 Å². The lowest BCUT2D eigenvalue weighted by molar-refractivity contribution is 0.398. The molecule has 3 rings (SSSR count). The van der Waals surface area contributed by atoms with E-state index in [1.807, 2.05) is 31.2 Å². The van der Waals surface area contributed by atoms with Gasteiger partial charge in [-0.15, -0.1) is 11.6 Å². The first-order chi connectivity index (χ1) is 9.65. The maximum Gasteiger partial charge on any atom is 0.150 e. The number of hydrogen-bond donors (Lipinski definition) is 0. The molecule has 0 aliphatic carbocycles. The Morgan fingerprint density at radius 1 is 1.15 bits per heavy atom. The third-order valence-electron chi connectivity index (χ3n) is 4.21. The number of nitrogens with zero attached hydrogens (tertiary/aromatic N) is 3. The Morgan fingerprint density at radius 3 is 2.35 bits per heavy atom. The van der Waals surface area contributed by atoms with E-state index in [4.69, 9.17) is 16.6 Å². The van der Waals surface area contributed by atoms with E-state index in [0.717, 1.165) is 48.5 Å². The van der Waals surface area contributed by atoms with Crippen LogP contribution >= 0.6 is 11.6 Å². The molecule has 0 amide bonds. The molecule has 4 heteroatoms. The van der Waals surface area contributed by atoms with Crippen molar-refractivity contribution in [3.05, 3.63) is 30.0 Å². The highest BCUT2D eigenvalue weighted by molar-refractivity contribution is 6.20. The van der Waals surface area contributed by atoms with Crippen LogP contribution in [-0.4, -0.2) is 28.4 Å². The molecular formula is C16H20ClN3. The molecule has 106 valence electrons. The third-order valence-corrected chi connectivity index (χ3v) is 4.56. The largest absolute Gasteiger partial charge is 0.355 e. The molecule has 20 heavy (non-hydrogen) atoms. The third kappa shape index (κ3) is 2.59. The summed E-state index contributed by atoms with van der Waals surface area (Å²) in [5.74, 6) is 1.66. The molecule has 2 heterocycles. The smallest absolute Gasteiger partial charge is 0.150 e. The molecule has 3 nitrogen and oxygen atoms in total. The number of hydrogen-bond acceptors (Lipinski definition) is 3. The normalized spacial score (nSPS) is 18.4. The zero-order valence-electron chi connectivity index (χ0n) is 12.0. The number of benzene rings is 1. The number of anilines is 1. The number of halogens is 1. The fourth-order valence-electron chi connectivity index (χ4n) is 2.95. The summed E-state index contributed by atoms with van der Waals surface area (Å²) in [5.41, 5.74) is 2.96. The minimum absolute atomic E-state index is 0.265. The maximum atomic E-state index is 6.21. The zero-order chi connectivity index (χ0) is 14.1. The standard InChI is InChI=1S/C16H20ClN3/c1-11(17)13-7-9-20(10-8-13)16-12(2)18-14-5-3-4-6-15(14)19-16/h3-6,11,13H,7-10H2,1-2H3. The number of piperidine rings is 1. The van der Waals surface area contributed by atoms with Crippen molar-refractivity contribution in [2.75, 3.05) is 18.0 Å². The topological polar surface area (TPSA) is 29.0 Å². The van der Waals surface area contributed by atoms with Crippen molar-refractivity contribution in [2.24, 2.45) is 5.92 Å². The van der Waals surface area contributed by atoms with Crippen LogP contribution in [0.25, 0.3) is 11.0 Å². The van der Waals surface area contributed by atoms with Crippen molar-refractivity contribution in [1.29, 1.82) is 0 Å². The second kappa shape index (κ2) is 5.57. The number of para-hydroxylation sites is 2. The Bertz CT molecular complexity index is 604. The lowest BCUT2D eigenvalue weighted by atomic mass is 9.94. The van der Waals surface area contributed by atoms with Gasteiger partial charge in [0.15, 0.2) is 5.82 Å². The van der Waals surface area contributed by atoms with E-state index < -0.39 is 0 Å². The quantitative estimate of drug-likeness (QED) is 0.788. The first kappa shape index (κ1) is 13.6. The minimum atomic E-state index is 0.265. The van der Waals surface area contributed by atoms with Gasteiger partial charge in [-0.05, 0) is 44.7 Å². The van der Waals surface area contributed by atoms with Crippen LogP contribution in [0.2, 0.25) is 0 Å². The van der Waals surface area contributed by atoms with Gasteiger partial charge in [0.25, 0.3) is 0 Å². The summed E-state index contributed by atoms with van der Waals surface area (Å²) >= 11 is 6.21. The molecule has 1 atom stereocenters. The monoisotopic (exact) mass is 289 g/mol. The molecular weight excluding hydrogens is 270 g/mol. The summed E-state index contributed by atoms with van der Waals surface area (Å²) in [6, 6.07) is 8.06. The van der Waals surface area contributed by atoms with Crippen molar-refractivity contribution < 1.29 is 0 Å². The molecule has 0 saturated carbocycles. The van der Waals surface area contributed by atoms with Gasteiger partial charge in [-0.25, -0.2) is 9.97 Å². The van der Waals surface area contributed by atoms with Crippen LogP contribution in [0.3, 0.4) is 0 Å². The SMILES string of the molecule is Cc1nc2ccccc2nc1N1CCC(C(C)Cl)CC1. The van der Waals surface area contributed by atoms with E-state index >= 15 is 0 Å². The number of fused-ring (bicyclic) bond motifs is 1. The number of rotatable bonds is 2. The Hall–Kier alpha value is -1.35. The average Bonchev–Trinajstić information content (AvgIpc) is 2.46. The summed E-state index contributed by atoms with van der Waals surface area (Å²) in [6.07, 6.45) is 2.28. The van der Waals surface area contributed by atoms with Gasteiger partial charge >= 0.3 is 0 Å². The average molecular weight is 290 g/mol. The number of alkyl halides is 1. The van der Waals surface area contributed by atoms with Crippen molar-refractivity contribution >= 4 is 28.5 Å². The molecule has 0 N–H and O–H groups in total. The van der Waals surface area contributed by atoms with E-state index in [1.54, 1.807) is 0 Å². The van der Waals surface area contributed by atoms with Gasteiger partial charge in [-0.1, -0.05) is 12.1 Å². The summed E-state index contributed by atoms with van der Waals surface area (Å²) in [4.78, 5) is 11.8. The van der Waals surface area contributed by atoms with Crippen molar-refractivity contribution in [2.45, 2.75) is 32.1 Å². The molecule has 0 radical (unpaired) electrons. The van der Waals surface area contributed by atoms with Gasteiger partial charge in [-0.3, -0.25) is 0 Å². The van der Waals surface area contributed by atoms with Crippen LogP contribution in [0.15, 0.2) is 24.3 Å². The fourth-order valence-corrected chi connectivity index (χ4v) is 3.20. The molecule has 1 aromatic carbocycles. The highest BCUT2D eigenvalue weighted by atomic mass is 35.5. The Balaban J connectivity index is 1.86. The van der Waals surface area contributed by atoms with Gasteiger partial charge in [0, 0.05) is 18.5 Å². The molecule has 0 bridgehead atoms. The van der Waals surface area contributed by atoms with Crippen molar-refractivity contribution in [1.82, 2.24) is 9.97 Å². The Morgan fingerprint density at radius 2 is 1.75 bits per heavy atom. The fraction of sp³-hybridized carbons (Fsp3) is 0.500. The Kier molecular flexibility index (Phi) is 3.79. The molecule has 0 spiro atoms. The molecule has 1 saturated heterocycles. The van der Waals surface area contributed by atoms with Crippen molar-refractivity contribution in [3.63, 3.8) is 0 Å². The van der Waals surface area contributed by atoms with E-state index in [-0.39, 0.29) is 5.38 Å². The van der Waals surface area contributed by atoms with Gasteiger partial charge in [0.2, 0.25) is 0 Å². The predicted molar refractivity (Wildman–Crippen MR) is 84.5 cm³/mol. The lowest BCUT2D eigenvalue weighted by Gasteiger charge is -2.34. The van der Waals surface area contributed by atoms with Gasteiger partial charge < -0.3 is 4.90 Å². The summed E-state index contributed by atoms with van der Waals surface area (Å²) in [6.45, 7) is 6.19. The minimum Gasteiger partial charge on any atom is -0.355 e. The Labute approximate surface area is 125 Å². The van der Waals surface area contributed by atoms with Gasteiger partial charge in [-0.2, -0.15) is 0 Å². The molecule has 1 aliphatic heterocycles. The predicted octanol–water partition coefficient (Wildman–Crippen LogP) is 3.78. The van der Waals surface area contributed by atoms with Gasteiger partial charge in [0.1, 0.15) is 0 Å². The second-order valence-electron chi connectivity index (χ2n) is 5.62. The molecule has 1 aromatic heterocycles. The van der Waals surface area contributed by atoms with Crippen LogP contribution in [0.5, 0.6) is 0 Å². The maximum absolute atomic E-state index is 6.21. The molecule has 2 aromatic rings. The summed E-state index contributed by atoms with van der Waals surface area (Å²) in [5, 5.41) is 0.265. The molecule has 1 fully saturated rings. The number of aryl methyl sites for hydroxylation is 1. The summed E-state index contributed by atoms with van der Waals surface area (Å²) < 4.78 is 0. The first-order valence-electron chi connectivity index (χ1n) is 7.27.